The van der Waals surface area contributed by atoms with Crippen molar-refractivity contribution in [2.45, 2.75) is 17.2 Å². The highest BCUT2D eigenvalue weighted by atomic mass is 35.5. The highest BCUT2D eigenvalue weighted by Gasteiger charge is 2.21. The normalized spacial score (nSPS) is 13.0. The summed E-state index contributed by atoms with van der Waals surface area (Å²) < 4.78 is 26.9. The summed E-state index contributed by atoms with van der Waals surface area (Å²) in [7, 11) is -3.76. The van der Waals surface area contributed by atoms with Crippen molar-refractivity contribution in [2.24, 2.45) is 0 Å². The van der Waals surface area contributed by atoms with Gasteiger partial charge in [-0.1, -0.05) is 23.7 Å². The molecule has 0 fully saturated rings. The van der Waals surface area contributed by atoms with Gasteiger partial charge >= 0.3 is 5.97 Å². The fraction of sp³-hybridized carbons (Fsp3) is 0.154. The Morgan fingerprint density at radius 3 is 2.48 bits per heavy atom. The molecule has 1 aromatic carbocycles. The molecule has 0 aliphatic heterocycles. The zero-order valence-corrected chi connectivity index (χ0v) is 13.3. The molecule has 0 saturated heterocycles. The zero-order chi connectivity index (χ0) is 15.6. The van der Waals surface area contributed by atoms with E-state index in [-0.39, 0.29) is 9.77 Å². The second-order valence-electron chi connectivity index (χ2n) is 4.35. The summed E-state index contributed by atoms with van der Waals surface area (Å²) in [6, 6.07) is 7.50. The molecular weight excluding hydrogens is 334 g/mol. The largest absolute Gasteiger partial charge is 0.478 e. The first kappa shape index (κ1) is 16.0. The van der Waals surface area contributed by atoms with E-state index in [4.69, 9.17) is 16.7 Å². The number of hydrogen-bond donors (Lipinski definition) is 2. The van der Waals surface area contributed by atoms with Gasteiger partial charge in [0.25, 0.3) is 10.0 Å². The molecule has 21 heavy (non-hydrogen) atoms. The van der Waals surface area contributed by atoms with Crippen LogP contribution in [-0.4, -0.2) is 19.5 Å². The highest BCUT2D eigenvalue weighted by Crippen LogP contribution is 2.23. The maximum Gasteiger partial charge on any atom is 0.336 e. The van der Waals surface area contributed by atoms with Crippen LogP contribution in [0.5, 0.6) is 0 Å². The van der Waals surface area contributed by atoms with Crippen molar-refractivity contribution in [2.75, 3.05) is 0 Å². The lowest BCUT2D eigenvalue weighted by molar-refractivity contribution is 0.0697. The molecule has 1 heterocycles. The Balaban J connectivity index is 2.20. The molecule has 2 aromatic rings. The lowest BCUT2D eigenvalue weighted by atomic mass is 10.1. The van der Waals surface area contributed by atoms with Gasteiger partial charge in [-0.3, -0.25) is 0 Å². The minimum atomic E-state index is -3.76. The second kappa shape index (κ2) is 6.15. The number of halogens is 1. The van der Waals surface area contributed by atoms with Gasteiger partial charge in [-0.25, -0.2) is 17.9 Å². The average Bonchev–Trinajstić information content (AvgIpc) is 2.89. The maximum atomic E-state index is 12.2. The Morgan fingerprint density at radius 1 is 1.33 bits per heavy atom. The number of carbonyl (C=O) groups is 1. The monoisotopic (exact) mass is 345 g/mol. The van der Waals surface area contributed by atoms with E-state index >= 15 is 0 Å². The Labute approximate surface area is 131 Å². The molecule has 0 amide bonds. The number of hydrogen-bond acceptors (Lipinski definition) is 4. The van der Waals surface area contributed by atoms with Crippen LogP contribution in [0.3, 0.4) is 0 Å². The third-order valence-corrected chi connectivity index (χ3v) is 6.02. The van der Waals surface area contributed by atoms with Crippen LogP contribution < -0.4 is 4.72 Å². The smallest absolute Gasteiger partial charge is 0.336 e. The van der Waals surface area contributed by atoms with E-state index in [1.807, 2.05) is 0 Å². The Morgan fingerprint density at radius 2 is 1.95 bits per heavy atom. The van der Waals surface area contributed by atoms with E-state index in [0.717, 1.165) is 23.0 Å². The molecule has 0 aliphatic carbocycles. The molecule has 8 heteroatoms. The van der Waals surface area contributed by atoms with Crippen molar-refractivity contribution in [3.63, 3.8) is 0 Å². The molecule has 112 valence electrons. The first-order valence-corrected chi connectivity index (χ1v) is 8.63. The van der Waals surface area contributed by atoms with Gasteiger partial charge in [0.1, 0.15) is 4.21 Å². The Kier molecular flexibility index (Phi) is 4.67. The van der Waals surface area contributed by atoms with Crippen molar-refractivity contribution < 1.29 is 18.3 Å². The van der Waals surface area contributed by atoms with E-state index in [1.54, 1.807) is 31.2 Å². The molecule has 5 nitrogen and oxygen atoms in total. The summed E-state index contributed by atoms with van der Waals surface area (Å²) >= 11 is 6.66. The molecule has 0 bridgehead atoms. The second-order valence-corrected chi connectivity index (χ2v) is 7.64. The van der Waals surface area contributed by atoms with E-state index < -0.39 is 22.0 Å². The molecule has 0 radical (unpaired) electrons. The molecule has 1 unspecified atom stereocenters. The topological polar surface area (TPSA) is 83.5 Å². The van der Waals surface area contributed by atoms with Gasteiger partial charge < -0.3 is 5.11 Å². The SMILES string of the molecule is CC(NS(=O)(=O)c1cc(C(=O)O)cs1)c1ccc(Cl)cc1. The lowest BCUT2D eigenvalue weighted by Gasteiger charge is -2.13. The van der Waals surface area contributed by atoms with Crippen LogP contribution in [0.1, 0.15) is 28.9 Å². The van der Waals surface area contributed by atoms with Crippen molar-refractivity contribution >= 4 is 38.9 Å². The summed E-state index contributed by atoms with van der Waals surface area (Å²) in [5.41, 5.74) is 0.720. The predicted molar refractivity (Wildman–Crippen MR) is 81.5 cm³/mol. The van der Waals surface area contributed by atoms with E-state index in [1.165, 1.54) is 5.38 Å². The molecular formula is C13H12ClNO4S2. The number of carboxylic acids is 1. The van der Waals surface area contributed by atoms with Gasteiger partial charge in [-0.05, 0) is 30.7 Å². The number of aromatic carboxylic acids is 1. The highest BCUT2D eigenvalue weighted by molar-refractivity contribution is 7.91. The number of benzene rings is 1. The van der Waals surface area contributed by atoms with Crippen LogP contribution in [0.25, 0.3) is 0 Å². The quantitative estimate of drug-likeness (QED) is 0.872. The molecule has 0 spiro atoms. The van der Waals surface area contributed by atoms with Crippen LogP contribution in [-0.2, 0) is 10.0 Å². The molecule has 0 saturated carbocycles. The molecule has 2 rings (SSSR count). The number of thiophene rings is 1. The molecule has 1 aromatic heterocycles. The number of carboxylic acid groups (broad SMARTS) is 1. The van der Waals surface area contributed by atoms with Gasteiger partial charge in [-0.2, -0.15) is 0 Å². The summed E-state index contributed by atoms with van der Waals surface area (Å²) in [6.07, 6.45) is 0. The summed E-state index contributed by atoms with van der Waals surface area (Å²) in [5, 5.41) is 10.7. The van der Waals surface area contributed by atoms with Crippen LogP contribution in [0, 0.1) is 0 Å². The first-order valence-electron chi connectivity index (χ1n) is 5.89. The molecule has 0 aliphatic rings. The summed E-state index contributed by atoms with van der Waals surface area (Å²) in [6.45, 7) is 1.70. The number of sulfonamides is 1. The first-order chi connectivity index (χ1) is 9.79. The van der Waals surface area contributed by atoms with Crippen molar-refractivity contribution in [3.05, 3.63) is 51.9 Å². The minimum absolute atomic E-state index is 0.0271. The van der Waals surface area contributed by atoms with Crippen molar-refractivity contribution in [1.29, 1.82) is 0 Å². The third-order valence-electron chi connectivity index (χ3n) is 2.79. The average molecular weight is 346 g/mol. The third kappa shape index (κ3) is 3.82. The standard InChI is InChI=1S/C13H12ClNO4S2/c1-8(9-2-4-11(14)5-3-9)15-21(18,19)12-6-10(7-20-12)13(16)17/h2-8,15H,1H3,(H,16,17). The van der Waals surface area contributed by atoms with Gasteiger partial charge in [0.15, 0.2) is 0 Å². The van der Waals surface area contributed by atoms with Crippen LogP contribution in [0.15, 0.2) is 39.9 Å². The molecule has 2 N–H and O–H groups in total. The van der Waals surface area contributed by atoms with Gasteiger partial charge in [0, 0.05) is 16.4 Å². The van der Waals surface area contributed by atoms with Crippen molar-refractivity contribution in [3.8, 4) is 0 Å². The van der Waals surface area contributed by atoms with E-state index in [2.05, 4.69) is 4.72 Å². The van der Waals surface area contributed by atoms with E-state index in [0.29, 0.717) is 5.02 Å². The van der Waals surface area contributed by atoms with Crippen molar-refractivity contribution in [1.82, 2.24) is 4.72 Å². The van der Waals surface area contributed by atoms with Gasteiger partial charge in [-0.15, -0.1) is 11.3 Å². The fourth-order valence-corrected chi connectivity index (χ4v) is 4.21. The van der Waals surface area contributed by atoms with Crippen LogP contribution >= 0.6 is 22.9 Å². The maximum absolute atomic E-state index is 12.2. The lowest BCUT2D eigenvalue weighted by Crippen LogP contribution is -2.26. The number of nitrogens with one attached hydrogen (secondary N) is 1. The zero-order valence-electron chi connectivity index (χ0n) is 10.9. The predicted octanol–water partition coefficient (Wildman–Crippen LogP) is 3.14. The van der Waals surface area contributed by atoms with Crippen LogP contribution in [0.2, 0.25) is 5.02 Å². The summed E-state index contributed by atoms with van der Waals surface area (Å²) in [4.78, 5) is 10.8. The number of rotatable bonds is 5. The Bertz CT molecular complexity index is 753. The van der Waals surface area contributed by atoms with E-state index in [9.17, 15) is 13.2 Å². The van der Waals surface area contributed by atoms with Gasteiger partial charge in [0.2, 0.25) is 0 Å². The summed E-state index contributed by atoms with van der Waals surface area (Å²) in [5.74, 6) is -1.15. The minimum Gasteiger partial charge on any atom is -0.478 e. The van der Waals surface area contributed by atoms with Gasteiger partial charge in [0.05, 0.1) is 5.56 Å². The fourth-order valence-electron chi connectivity index (χ4n) is 1.68. The van der Waals surface area contributed by atoms with Crippen LogP contribution in [0.4, 0.5) is 0 Å². The molecule has 1 atom stereocenters. The Hall–Kier alpha value is -1.41.